The highest BCUT2D eigenvalue weighted by Gasteiger charge is 2.29. The number of ether oxygens (including phenoxy) is 2. The van der Waals surface area contributed by atoms with Gasteiger partial charge in [0.2, 0.25) is 0 Å². The lowest BCUT2D eigenvalue weighted by molar-refractivity contribution is -0.156. The average Bonchev–Trinajstić information content (AvgIpc) is 2.86. The number of aromatic nitrogens is 1. The fourth-order valence-corrected chi connectivity index (χ4v) is 1.93. The number of esters is 2. The van der Waals surface area contributed by atoms with Crippen LogP contribution in [-0.2, 0) is 14.3 Å². The number of methoxy groups -OCH3 is 1. The van der Waals surface area contributed by atoms with Gasteiger partial charge in [-0.15, -0.1) is 11.3 Å². The third-order valence-electron chi connectivity index (χ3n) is 1.99. The highest BCUT2D eigenvalue weighted by Crippen LogP contribution is 2.23. The van der Waals surface area contributed by atoms with Crippen LogP contribution < -0.4 is 0 Å². The normalized spacial score (nSPS) is 13.8. The van der Waals surface area contributed by atoms with Gasteiger partial charge in [-0.05, 0) is 6.92 Å². The van der Waals surface area contributed by atoms with Crippen LogP contribution in [0, 0.1) is 0 Å². The van der Waals surface area contributed by atoms with Crippen molar-refractivity contribution in [2.24, 2.45) is 0 Å². The second kappa shape index (κ2) is 6.43. The van der Waals surface area contributed by atoms with E-state index in [4.69, 9.17) is 4.74 Å². The van der Waals surface area contributed by atoms with E-state index in [9.17, 15) is 19.8 Å². The molecule has 0 bridgehead atoms. The lowest BCUT2D eigenvalue weighted by atomic mass is 10.2. The summed E-state index contributed by atoms with van der Waals surface area (Å²) in [5.41, 5.74) is 0. The van der Waals surface area contributed by atoms with Crippen LogP contribution in [0.1, 0.15) is 27.7 Å². The molecule has 7 nitrogen and oxygen atoms in total. The molecule has 0 radical (unpaired) electrons. The van der Waals surface area contributed by atoms with Crippen molar-refractivity contribution in [1.29, 1.82) is 0 Å². The van der Waals surface area contributed by atoms with Crippen LogP contribution >= 0.6 is 11.3 Å². The Morgan fingerprint density at radius 3 is 2.72 bits per heavy atom. The van der Waals surface area contributed by atoms with E-state index < -0.39 is 24.1 Å². The molecule has 0 fully saturated rings. The van der Waals surface area contributed by atoms with Crippen LogP contribution in [0.25, 0.3) is 0 Å². The maximum absolute atomic E-state index is 11.4. The minimum atomic E-state index is -1.74. The summed E-state index contributed by atoms with van der Waals surface area (Å²) in [6.45, 7) is 1.88. The first-order valence-corrected chi connectivity index (χ1v) is 5.89. The maximum atomic E-state index is 11.4. The fourth-order valence-electron chi connectivity index (χ4n) is 1.11. The van der Waals surface area contributed by atoms with Crippen LogP contribution in [0.15, 0.2) is 6.20 Å². The molecule has 1 aromatic heterocycles. The molecule has 0 saturated heterocycles. The highest BCUT2D eigenvalue weighted by atomic mass is 32.1. The minimum absolute atomic E-state index is 0.0379. The molecule has 0 amide bonds. The molecule has 18 heavy (non-hydrogen) atoms. The van der Waals surface area contributed by atoms with Crippen molar-refractivity contribution >= 4 is 23.3 Å². The molecule has 0 aromatic carbocycles. The van der Waals surface area contributed by atoms with Crippen LogP contribution in [0.4, 0.5) is 0 Å². The number of aliphatic hydroxyl groups excluding tert-OH is 2. The lowest BCUT2D eigenvalue weighted by Crippen LogP contribution is -2.28. The Kier molecular flexibility index (Phi) is 5.20. The largest absolute Gasteiger partial charge is 0.467 e. The van der Waals surface area contributed by atoms with Crippen molar-refractivity contribution in [1.82, 2.24) is 4.98 Å². The number of thiazole rings is 1. The van der Waals surface area contributed by atoms with Crippen molar-refractivity contribution in [2.75, 3.05) is 13.7 Å². The topological polar surface area (TPSA) is 106 Å². The van der Waals surface area contributed by atoms with Crippen molar-refractivity contribution in [3.8, 4) is 0 Å². The predicted molar refractivity (Wildman–Crippen MR) is 61.1 cm³/mol. The quantitative estimate of drug-likeness (QED) is 0.722. The van der Waals surface area contributed by atoms with E-state index in [2.05, 4.69) is 9.72 Å². The second-order valence-corrected chi connectivity index (χ2v) is 4.26. The van der Waals surface area contributed by atoms with Gasteiger partial charge in [-0.25, -0.2) is 14.6 Å². The number of nitrogens with zero attached hydrogens (tertiary/aromatic N) is 1. The van der Waals surface area contributed by atoms with Gasteiger partial charge in [0.05, 0.1) is 19.9 Å². The molecule has 8 heteroatoms. The summed E-state index contributed by atoms with van der Waals surface area (Å²) in [6, 6.07) is 0. The van der Waals surface area contributed by atoms with Gasteiger partial charge >= 0.3 is 11.9 Å². The molecule has 0 aliphatic heterocycles. The smallest absolute Gasteiger partial charge is 0.349 e. The molecule has 1 heterocycles. The Morgan fingerprint density at radius 1 is 1.50 bits per heavy atom. The molecule has 2 unspecified atom stereocenters. The van der Waals surface area contributed by atoms with Crippen LogP contribution in [0.5, 0.6) is 0 Å². The zero-order valence-corrected chi connectivity index (χ0v) is 10.6. The van der Waals surface area contributed by atoms with Gasteiger partial charge in [-0.3, -0.25) is 0 Å². The van der Waals surface area contributed by atoms with E-state index in [1.807, 2.05) is 0 Å². The molecular formula is C10H13NO6S. The molecule has 0 aliphatic carbocycles. The van der Waals surface area contributed by atoms with E-state index in [-0.39, 0.29) is 16.5 Å². The Bertz CT molecular complexity index is 432. The van der Waals surface area contributed by atoms with Crippen LogP contribution in [0.2, 0.25) is 0 Å². The molecule has 1 rings (SSSR count). The number of hydrogen-bond acceptors (Lipinski definition) is 8. The predicted octanol–water partition coefficient (Wildman–Crippen LogP) is -0.113. The summed E-state index contributed by atoms with van der Waals surface area (Å²) in [4.78, 5) is 26.3. The second-order valence-electron chi connectivity index (χ2n) is 3.20. The van der Waals surface area contributed by atoms with E-state index in [1.54, 1.807) is 6.92 Å². The molecule has 0 aliphatic rings. The van der Waals surface area contributed by atoms with Crippen molar-refractivity contribution in [3.63, 3.8) is 0 Å². The van der Waals surface area contributed by atoms with Gasteiger partial charge < -0.3 is 19.7 Å². The van der Waals surface area contributed by atoms with Crippen LogP contribution in [0.3, 0.4) is 0 Å². The summed E-state index contributed by atoms with van der Waals surface area (Å²) in [7, 11) is 1.09. The van der Waals surface area contributed by atoms with Gasteiger partial charge in [-0.2, -0.15) is 0 Å². The summed E-state index contributed by atoms with van der Waals surface area (Å²) in [5, 5.41) is 19.1. The first-order valence-electron chi connectivity index (χ1n) is 5.08. The Morgan fingerprint density at radius 2 is 2.17 bits per heavy atom. The molecule has 2 atom stereocenters. The van der Waals surface area contributed by atoms with Gasteiger partial charge in [-0.1, -0.05) is 0 Å². The van der Waals surface area contributed by atoms with Crippen LogP contribution in [-0.4, -0.2) is 47.0 Å². The summed E-state index contributed by atoms with van der Waals surface area (Å²) >= 11 is 0.842. The molecule has 2 N–H and O–H groups in total. The van der Waals surface area contributed by atoms with Gasteiger partial charge in [0.1, 0.15) is 16.0 Å². The molecule has 0 saturated carbocycles. The summed E-state index contributed by atoms with van der Waals surface area (Å²) in [6.07, 6.45) is -2.06. The molecular weight excluding hydrogens is 262 g/mol. The van der Waals surface area contributed by atoms with Crippen molar-refractivity contribution in [3.05, 3.63) is 16.1 Å². The average molecular weight is 275 g/mol. The zero-order chi connectivity index (χ0) is 13.7. The zero-order valence-electron chi connectivity index (χ0n) is 9.82. The lowest BCUT2D eigenvalue weighted by Gasteiger charge is -2.12. The molecule has 0 spiro atoms. The van der Waals surface area contributed by atoms with Gasteiger partial charge in [0.15, 0.2) is 6.10 Å². The summed E-state index contributed by atoms with van der Waals surface area (Å²) < 4.78 is 9.03. The molecule has 100 valence electrons. The van der Waals surface area contributed by atoms with E-state index in [1.165, 1.54) is 6.20 Å². The monoisotopic (exact) mass is 275 g/mol. The number of hydrogen-bond donors (Lipinski definition) is 2. The van der Waals surface area contributed by atoms with E-state index in [0.29, 0.717) is 0 Å². The Labute approximate surface area is 107 Å². The Hall–Kier alpha value is -1.51. The third-order valence-corrected chi connectivity index (χ3v) is 3.04. The van der Waals surface area contributed by atoms with Crippen molar-refractivity contribution < 1.29 is 29.3 Å². The van der Waals surface area contributed by atoms with Gasteiger partial charge in [0.25, 0.3) is 0 Å². The number of carbonyl (C=O) groups excluding carboxylic acids is 2. The highest BCUT2D eigenvalue weighted by molar-refractivity contribution is 7.13. The standard InChI is InChI=1S/C10H13NO6S/c1-3-17-9(14)5-4-11-8(18-5)6(12)7(13)10(15)16-2/h4,6-7,12-13H,3H2,1-2H3. The number of rotatable bonds is 5. The SMILES string of the molecule is CCOC(=O)c1cnc(C(O)C(O)C(=O)OC)s1. The number of aliphatic hydroxyl groups is 2. The Balaban J connectivity index is 2.79. The van der Waals surface area contributed by atoms with Gasteiger partial charge in [0, 0.05) is 0 Å². The first kappa shape index (κ1) is 14.6. The first-order chi connectivity index (χ1) is 8.51. The molecule has 1 aromatic rings. The van der Waals surface area contributed by atoms with Crippen molar-refractivity contribution in [2.45, 2.75) is 19.1 Å². The minimum Gasteiger partial charge on any atom is -0.467 e. The van der Waals surface area contributed by atoms with E-state index >= 15 is 0 Å². The maximum Gasteiger partial charge on any atom is 0.349 e. The fraction of sp³-hybridized carbons (Fsp3) is 0.500. The third kappa shape index (κ3) is 3.25. The summed E-state index contributed by atoms with van der Waals surface area (Å²) in [5.74, 6) is -1.55. The van der Waals surface area contributed by atoms with E-state index in [0.717, 1.165) is 18.4 Å². The number of carbonyl (C=O) groups is 2.